The van der Waals surface area contributed by atoms with E-state index in [0.717, 1.165) is 0 Å². The van der Waals surface area contributed by atoms with Crippen LogP contribution in [0.2, 0.25) is 0 Å². The van der Waals surface area contributed by atoms with Gasteiger partial charge in [0.05, 0.1) is 0 Å². The molecule has 1 rings (SSSR count). The Morgan fingerprint density at radius 2 is 2.57 bits per heavy atom. The smallest absolute Gasteiger partial charge is 0.256 e. The summed E-state index contributed by atoms with van der Waals surface area (Å²) in [6.07, 6.45) is 1.56. The summed E-state index contributed by atoms with van der Waals surface area (Å²) >= 11 is 0. The lowest BCUT2D eigenvalue weighted by Gasteiger charge is -1.96. The highest BCUT2D eigenvalue weighted by atomic mass is 19.2. The van der Waals surface area contributed by atoms with E-state index in [1.165, 1.54) is 5.43 Å². The van der Waals surface area contributed by atoms with Crippen LogP contribution in [0.4, 0.5) is 8.87 Å². The van der Waals surface area contributed by atoms with E-state index in [2.05, 4.69) is 4.84 Å². The van der Waals surface area contributed by atoms with E-state index >= 15 is 0 Å². The third-order valence-electron chi connectivity index (χ3n) is 0.401. The molecular formula is C2HF2N2O. The molecule has 0 saturated heterocycles. The average Bonchev–Trinajstić information content (AvgIpc) is 1.87. The van der Waals surface area contributed by atoms with Gasteiger partial charge in [0.15, 0.2) is 0 Å². The maximum atomic E-state index is 11.5. The summed E-state index contributed by atoms with van der Waals surface area (Å²) in [5.74, 6) is -0.970. The molecule has 3 nitrogen and oxygen atoms in total. The number of hydrogen-bond donors (Lipinski definition) is 1. The van der Waals surface area contributed by atoms with Crippen molar-refractivity contribution in [2.75, 3.05) is 0 Å². The molecule has 0 aromatic rings. The van der Waals surface area contributed by atoms with Crippen molar-refractivity contribution in [3.8, 4) is 0 Å². The molecule has 0 unspecified atom stereocenters. The SMILES string of the molecule is FC1=[C]ON(F)N1. The zero-order chi connectivity index (χ0) is 5.28. The van der Waals surface area contributed by atoms with Crippen molar-refractivity contribution in [3.05, 3.63) is 12.2 Å². The van der Waals surface area contributed by atoms with Crippen molar-refractivity contribution in [2.45, 2.75) is 0 Å². The molecule has 0 fully saturated rings. The van der Waals surface area contributed by atoms with Crippen molar-refractivity contribution in [1.29, 1.82) is 0 Å². The number of nitrogens with one attached hydrogen (secondary N) is 1. The van der Waals surface area contributed by atoms with Gasteiger partial charge in [0, 0.05) is 0 Å². The van der Waals surface area contributed by atoms with Gasteiger partial charge in [-0.3, -0.25) is 0 Å². The van der Waals surface area contributed by atoms with E-state index in [4.69, 9.17) is 0 Å². The summed E-state index contributed by atoms with van der Waals surface area (Å²) in [4.78, 5) is 3.66. The number of hydrogen-bond acceptors (Lipinski definition) is 3. The summed E-state index contributed by atoms with van der Waals surface area (Å²) in [6, 6.07) is 0. The summed E-state index contributed by atoms with van der Waals surface area (Å²) in [5.41, 5.74) is 1.50. The summed E-state index contributed by atoms with van der Waals surface area (Å²) in [7, 11) is 0. The first kappa shape index (κ1) is 4.32. The quantitative estimate of drug-likeness (QED) is 0.353. The van der Waals surface area contributed by atoms with Crippen molar-refractivity contribution in [3.63, 3.8) is 0 Å². The Balaban J connectivity index is 2.42. The largest absolute Gasteiger partial charge is 0.349 e. The molecule has 0 saturated carbocycles. The number of halogens is 2. The number of hydrazine groups is 1. The lowest BCUT2D eigenvalue weighted by molar-refractivity contribution is -0.261. The highest BCUT2D eigenvalue weighted by Gasteiger charge is 2.12. The van der Waals surface area contributed by atoms with Gasteiger partial charge in [-0.2, -0.15) is 4.39 Å². The molecule has 39 valence electrons. The Morgan fingerprint density at radius 3 is 2.71 bits per heavy atom. The second-order valence-corrected chi connectivity index (χ2v) is 0.864. The number of nitrogens with zero attached hydrogens (tertiary/aromatic N) is 1. The minimum atomic E-state index is -0.970. The summed E-state index contributed by atoms with van der Waals surface area (Å²) in [6.45, 7) is 0. The van der Waals surface area contributed by atoms with Crippen LogP contribution in [0.5, 0.6) is 0 Å². The van der Waals surface area contributed by atoms with Gasteiger partial charge in [-0.1, -0.05) is 4.48 Å². The van der Waals surface area contributed by atoms with Gasteiger partial charge in [0.2, 0.25) is 0 Å². The first-order valence-corrected chi connectivity index (χ1v) is 1.47. The van der Waals surface area contributed by atoms with Crippen molar-refractivity contribution in [1.82, 2.24) is 10.8 Å². The molecule has 1 radical (unpaired) electrons. The zero-order valence-electron chi connectivity index (χ0n) is 3.11. The van der Waals surface area contributed by atoms with E-state index in [9.17, 15) is 8.87 Å². The van der Waals surface area contributed by atoms with E-state index in [0.29, 0.717) is 0 Å². The molecule has 0 spiro atoms. The molecule has 0 bridgehead atoms. The zero-order valence-corrected chi connectivity index (χ0v) is 3.11. The van der Waals surface area contributed by atoms with Gasteiger partial charge >= 0.3 is 0 Å². The molecule has 0 atom stereocenters. The Kier molecular flexibility index (Phi) is 0.828. The van der Waals surface area contributed by atoms with Gasteiger partial charge in [0.25, 0.3) is 12.2 Å². The van der Waals surface area contributed by atoms with Crippen LogP contribution < -0.4 is 5.43 Å². The van der Waals surface area contributed by atoms with Crippen LogP contribution in [-0.4, -0.2) is 5.39 Å². The molecule has 1 heterocycles. The Morgan fingerprint density at radius 1 is 1.86 bits per heavy atom. The fraction of sp³-hybridized carbons (Fsp3) is 0. The molecule has 0 aliphatic carbocycles. The van der Waals surface area contributed by atoms with Crippen LogP contribution in [0.25, 0.3) is 0 Å². The molecule has 0 aromatic carbocycles. The lowest BCUT2D eigenvalue weighted by atomic mass is 11.0. The third-order valence-corrected chi connectivity index (χ3v) is 0.401. The molecule has 0 aromatic heterocycles. The van der Waals surface area contributed by atoms with Gasteiger partial charge in [-0.25, -0.2) is 5.43 Å². The standard InChI is InChI=1S/C2HF2N2O/c3-2-1-7-6(4)5-2/h5H. The van der Waals surface area contributed by atoms with Crippen LogP contribution in [0.1, 0.15) is 0 Å². The van der Waals surface area contributed by atoms with E-state index in [1.54, 1.807) is 6.26 Å². The fourth-order valence-electron chi connectivity index (χ4n) is 0.203. The van der Waals surface area contributed by atoms with Crippen LogP contribution in [0.15, 0.2) is 5.95 Å². The Bertz CT molecular complexity index is 104. The van der Waals surface area contributed by atoms with E-state index < -0.39 is 11.3 Å². The first-order valence-electron chi connectivity index (χ1n) is 1.47. The summed E-state index contributed by atoms with van der Waals surface area (Å²) in [5, 5.41) is -0.394. The minimum absolute atomic E-state index is 0.394. The summed E-state index contributed by atoms with van der Waals surface area (Å²) < 4.78 is 22.8. The maximum Gasteiger partial charge on any atom is 0.256 e. The van der Waals surface area contributed by atoms with E-state index in [-0.39, 0.29) is 0 Å². The van der Waals surface area contributed by atoms with Gasteiger partial charge < -0.3 is 4.84 Å². The van der Waals surface area contributed by atoms with Crippen LogP contribution in [0, 0.1) is 6.26 Å². The minimum Gasteiger partial charge on any atom is -0.349 e. The van der Waals surface area contributed by atoms with Crippen molar-refractivity contribution >= 4 is 0 Å². The second kappa shape index (κ2) is 1.34. The third kappa shape index (κ3) is 0.774. The van der Waals surface area contributed by atoms with Gasteiger partial charge in [-0.15, -0.1) is 0 Å². The fourth-order valence-corrected chi connectivity index (χ4v) is 0.203. The van der Waals surface area contributed by atoms with Gasteiger partial charge in [-0.05, 0) is 0 Å². The van der Waals surface area contributed by atoms with Crippen LogP contribution >= 0.6 is 0 Å². The molecule has 0 amide bonds. The van der Waals surface area contributed by atoms with E-state index in [1.807, 2.05) is 0 Å². The normalized spacial score (nSPS) is 20.6. The maximum absolute atomic E-state index is 11.5. The Labute approximate surface area is 38.0 Å². The highest BCUT2D eigenvalue weighted by Crippen LogP contribution is 2.02. The predicted octanol–water partition coefficient (Wildman–Crippen LogP) is 0.194. The monoisotopic (exact) mass is 107 g/mol. The predicted molar refractivity (Wildman–Crippen MR) is 15.0 cm³/mol. The second-order valence-electron chi connectivity index (χ2n) is 0.864. The van der Waals surface area contributed by atoms with Crippen LogP contribution in [-0.2, 0) is 4.84 Å². The lowest BCUT2D eigenvalue weighted by Crippen LogP contribution is -2.20. The first-order chi connectivity index (χ1) is 3.29. The molecule has 1 aliphatic rings. The molecule has 5 heteroatoms. The van der Waals surface area contributed by atoms with Crippen molar-refractivity contribution in [2.24, 2.45) is 0 Å². The molecule has 7 heavy (non-hydrogen) atoms. The molecular weight excluding hydrogens is 106 g/mol. The topological polar surface area (TPSA) is 24.5 Å². The average molecular weight is 107 g/mol. The molecule has 1 N–H and O–H groups in total. The van der Waals surface area contributed by atoms with Crippen LogP contribution in [0.3, 0.4) is 0 Å². The van der Waals surface area contributed by atoms with Gasteiger partial charge in [0.1, 0.15) is 5.39 Å². The number of rotatable bonds is 0. The van der Waals surface area contributed by atoms with Crippen molar-refractivity contribution < 1.29 is 13.7 Å². The molecule has 1 aliphatic heterocycles. The highest BCUT2D eigenvalue weighted by molar-refractivity contribution is 4.74. The Hall–Kier alpha value is -0.840.